The van der Waals surface area contributed by atoms with Gasteiger partial charge in [0.05, 0.1) is 31.6 Å². The molecular weight excluding hydrogens is 440 g/mol. The summed E-state index contributed by atoms with van der Waals surface area (Å²) in [5, 5.41) is 3.56. The van der Waals surface area contributed by atoms with E-state index in [1.54, 1.807) is 14.2 Å². The van der Waals surface area contributed by atoms with Gasteiger partial charge in [-0.3, -0.25) is 14.5 Å². The van der Waals surface area contributed by atoms with Crippen LogP contribution >= 0.6 is 0 Å². The van der Waals surface area contributed by atoms with Gasteiger partial charge in [-0.1, -0.05) is 57.9 Å². The van der Waals surface area contributed by atoms with Gasteiger partial charge >= 0.3 is 0 Å². The number of ether oxygens (including phenoxy) is 2. The Balaban J connectivity index is 2.00. The third kappa shape index (κ3) is 4.79. The first kappa shape index (κ1) is 24.8. The van der Waals surface area contributed by atoms with E-state index in [-0.39, 0.29) is 17.1 Å². The zero-order valence-electron chi connectivity index (χ0n) is 21.4. The van der Waals surface area contributed by atoms with Crippen LogP contribution in [0, 0.1) is 5.41 Å². The molecule has 1 amide bonds. The highest BCUT2D eigenvalue weighted by molar-refractivity contribution is 6.06. The number of hydrogen-bond donors (Lipinski definition) is 1. The predicted molar refractivity (Wildman–Crippen MR) is 139 cm³/mol. The molecule has 2 aliphatic rings. The predicted octanol–water partition coefficient (Wildman–Crippen LogP) is 6.43. The van der Waals surface area contributed by atoms with Crippen LogP contribution in [0.15, 0.2) is 53.7 Å². The number of anilines is 2. The fourth-order valence-corrected chi connectivity index (χ4v) is 5.33. The Labute approximate surface area is 208 Å². The minimum atomic E-state index is -0.621. The summed E-state index contributed by atoms with van der Waals surface area (Å²) in [5.41, 5.74) is 3.67. The van der Waals surface area contributed by atoms with E-state index in [9.17, 15) is 9.59 Å². The lowest BCUT2D eigenvalue weighted by Crippen LogP contribution is -2.39. The standard InChI is InChI=1S/C29H36N2O4/c1-6-7-8-16-25(33)31-22-14-10-9-13-20(22)30-21-17-29(2,3)18-23(32)26(21)27(31)19-12-11-15-24(34-4)28(19)35-5/h9-15,27,30H,6-8,16-18H2,1-5H3/t27-/m1/s1. The summed E-state index contributed by atoms with van der Waals surface area (Å²) in [4.78, 5) is 29.5. The number of nitrogens with one attached hydrogen (secondary N) is 1. The highest BCUT2D eigenvalue weighted by Crippen LogP contribution is 2.51. The lowest BCUT2D eigenvalue weighted by molar-refractivity contribution is -0.119. The van der Waals surface area contributed by atoms with E-state index in [4.69, 9.17) is 9.47 Å². The van der Waals surface area contributed by atoms with E-state index in [1.807, 2.05) is 47.4 Å². The molecule has 2 aromatic carbocycles. The summed E-state index contributed by atoms with van der Waals surface area (Å²) in [6, 6.07) is 12.8. The number of fused-ring (bicyclic) bond motifs is 1. The number of methoxy groups -OCH3 is 2. The highest BCUT2D eigenvalue weighted by Gasteiger charge is 2.44. The van der Waals surface area contributed by atoms with Crippen LogP contribution in [0.3, 0.4) is 0 Å². The van der Waals surface area contributed by atoms with Crippen LogP contribution in [0.5, 0.6) is 11.5 Å². The molecule has 1 aliphatic carbocycles. The van der Waals surface area contributed by atoms with Gasteiger partial charge in [-0.25, -0.2) is 0 Å². The molecule has 0 bridgehead atoms. The number of nitrogens with zero attached hydrogens (tertiary/aromatic N) is 1. The maximum absolute atomic E-state index is 13.9. The third-order valence-corrected chi connectivity index (χ3v) is 6.89. The van der Waals surface area contributed by atoms with Crippen LogP contribution in [0.1, 0.15) is 70.9 Å². The normalized spacial score (nSPS) is 18.8. The Morgan fingerprint density at radius 1 is 1.06 bits per heavy atom. The quantitative estimate of drug-likeness (QED) is 0.467. The molecule has 0 unspecified atom stereocenters. The summed E-state index contributed by atoms with van der Waals surface area (Å²) in [6.45, 7) is 6.35. The average Bonchev–Trinajstić information content (AvgIpc) is 2.96. The Kier molecular flexibility index (Phi) is 7.20. The Morgan fingerprint density at radius 2 is 1.83 bits per heavy atom. The molecule has 0 saturated carbocycles. The van der Waals surface area contributed by atoms with Crippen molar-refractivity contribution in [2.45, 2.75) is 65.3 Å². The van der Waals surface area contributed by atoms with E-state index in [1.165, 1.54) is 0 Å². The molecule has 2 aromatic rings. The van der Waals surface area contributed by atoms with Crippen molar-refractivity contribution in [3.8, 4) is 11.5 Å². The second-order valence-corrected chi connectivity index (χ2v) is 10.2. The van der Waals surface area contributed by atoms with E-state index in [2.05, 4.69) is 26.1 Å². The Morgan fingerprint density at radius 3 is 2.54 bits per heavy atom. The van der Waals surface area contributed by atoms with Gasteiger partial charge in [0.15, 0.2) is 17.3 Å². The van der Waals surface area contributed by atoms with Gasteiger partial charge in [0.2, 0.25) is 5.91 Å². The molecule has 1 atom stereocenters. The first-order valence-corrected chi connectivity index (χ1v) is 12.5. The molecule has 1 heterocycles. The van der Waals surface area contributed by atoms with Crippen LogP contribution in [-0.2, 0) is 9.59 Å². The molecule has 0 spiro atoms. The Bertz CT molecular complexity index is 1150. The largest absolute Gasteiger partial charge is 0.493 e. The number of carbonyl (C=O) groups is 2. The van der Waals surface area contributed by atoms with Crippen LogP contribution in [-0.4, -0.2) is 25.9 Å². The highest BCUT2D eigenvalue weighted by atomic mass is 16.5. The van der Waals surface area contributed by atoms with Crippen LogP contribution in [0.2, 0.25) is 0 Å². The van der Waals surface area contributed by atoms with Gasteiger partial charge in [-0.05, 0) is 36.5 Å². The van der Waals surface area contributed by atoms with Gasteiger partial charge in [0, 0.05) is 29.7 Å². The Hall–Kier alpha value is -3.28. The summed E-state index contributed by atoms with van der Waals surface area (Å²) in [5.74, 6) is 1.15. The third-order valence-electron chi connectivity index (χ3n) is 6.89. The number of para-hydroxylation sites is 3. The van der Waals surface area contributed by atoms with E-state index in [0.29, 0.717) is 36.3 Å². The number of ketones is 1. The molecule has 6 heteroatoms. The smallest absolute Gasteiger partial charge is 0.227 e. The number of Topliss-reactive ketones (excluding diaryl/α,β-unsaturated/α-hetero) is 1. The second-order valence-electron chi connectivity index (χ2n) is 10.2. The van der Waals surface area contributed by atoms with Gasteiger partial charge in [0.25, 0.3) is 0 Å². The summed E-state index contributed by atoms with van der Waals surface area (Å²) >= 11 is 0. The molecule has 0 fully saturated rings. The van der Waals surface area contributed by atoms with Crippen LogP contribution in [0.25, 0.3) is 0 Å². The molecule has 35 heavy (non-hydrogen) atoms. The number of hydrogen-bond acceptors (Lipinski definition) is 5. The maximum Gasteiger partial charge on any atom is 0.227 e. The van der Waals surface area contributed by atoms with Crippen molar-refractivity contribution >= 4 is 23.1 Å². The van der Waals surface area contributed by atoms with Crippen molar-refractivity contribution < 1.29 is 19.1 Å². The van der Waals surface area contributed by atoms with E-state index < -0.39 is 6.04 Å². The number of benzene rings is 2. The fourth-order valence-electron chi connectivity index (χ4n) is 5.33. The molecule has 0 aromatic heterocycles. The lowest BCUT2D eigenvalue weighted by atomic mass is 9.73. The molecule has 1 aliphatic heterocycles. The summed E-state index contributed by atoms with van der Waals surface area (Å²) in [6.07, 6.45) is 4.35. The van der Waals surface area contributed by atoms with Crippen molar-refractivity contribution in [2.75, 3.05) is 24.4 Å². The van der Waals surface area contributed by atoms with Gasteiger partial charge < -0.3 is 14.8 Å². The fraction of sp³-hybridized carbons (Fsp3) is 0.448. The SMILES string of the molecule is CCCCCC(=O)N1c2ccccc2NC2=C(C(=O)CC(C)(C)C2)[C@H]1c1cccc(OC)c1OC. The number of allylic oxidation sites excluding steroid dienone is 1. The van der Waals surface area contributed by atoms with Gasteiger partial charge in [0.1, 0.15) is 0 Å². The summed E-state index contributed by atoms with van der Waals surface area (Å²) < 4.78 is 11.4. The number of carbonyl (C=O) groups excluding carboxylic acids is 2. The van der Waals surface area contributed by atoms with Gasteiger partial charge in [-0.15, -0.1) is 0 Å². The van der Waals surface area contributed by atoms with Crippen molar-refractivity contribution in [3.05, 3.63) is 59.3 Å². The maximum atomic E-state index is 13.9. The van der Waals surface area contributed by atoms with Crippen molar-refractivity contribution in [1.82, 2.24) is 0 Å². The molecule has 0 saturated heterocycles. The second kappa shape index (κ2) is 10.1. The first-order valence-electron chi connectivity index (χ1n) is 12.5. The van der Waals surface area contributed by atoms with Crippen molar-refractivity contribution in [1.29, 1.82) is 0 Å². The minimum Gasteiger partial charge on any atom is -0.493 e. The topological polar surface area (TPSA) is 67.9 Å². The first-order chi connectivity index (χ1) is 16.8. The van der Waals surface area contributed by atoms with Crippen LogP contribution < -0.4 is 19.7 Å². The van der Waals surface area contributed by atoms with Crippen molar-refractivity contribution in [3.63, 3.8) is 0 Å². The molecule has 4 rings (SSSR count). The molecule has 6 nitrogen and oxygen atoms in total. The van der Waals surface area contributed by atoms with E-state index >= 15 is 0 Å². The monoisotopic (exact) mass is 476 g/mol. The molecule has 0 radical (unpaired) electrons. The summed E-state index contributed by atoms with van der Waals surface area (Å²) in [7, 11) is 3.19. The lowest BCUT2D eigenvalue weighted by Gasteiger charge is -2.37. The number of unbranched alkanes of at least 4 members (excludes halogenated alkanes) is 2. The minimum absolute atomic E-state index is 0.00560. The number of rotatable bonds is 7. The molecule has 1 N–H and O–H groups in total. The average molecular weight is 477 g/mol. The van der Waals surface area contributed by atoms with Crippen LogP contribution in [0.4, 0.5) is 11.4 Å². The van der Waals surface area contributed by atoms with Crippen molar-refractivity contribution in [2.24, 2.45) is 5.41 Å². The molecular formula is C29H36N2O4. The zero-order chi connectivity index (χ0) is 25.2. The van der Waals surface area contributed by atoms with Gasteiger partial charge in [-0.2, -0.15) is 0 Å². The van der Waals surface area contributed by atoms with E-state index in [0.717, 1.165) is 41.9 Å². The zero-order valence-corrected chi connectivity index (χ0v) is 21.4. The number of amides is 1. The molecule has 186 valence electrons.